The van der Waals surface area contributed by atoms with E-state index in [-0.39, 0.29) is 11.5 Å². The van der Waals surface area contributed by atoms with Gasteiger partial charge in [0.1, 0.15) is 11.3 Å². The minimum absolute atomic E-state index is 0.138. The fourth-order valence-corrected chi connectivity index (χ4v) is 5.25. The average Bonchev–Trinajstić information content (AvgIpc) is 2.72. The second-order valence-corrected chi connectivity index (χ2v) is 12.6. The maximum atomic E-state index is 13.1. The number of hydrogen-bond donors (Lipinski definition) is 0. The number of rotatable bonds is 3. The normalized spacial score (nSPS) is 29.2. The van der Waals surface area contributed by atoms with Gasteiger partial charge in [-0.2, -0.15) is 0 Å². The van der Waals surface area contributed by atoms with Gasteiger partial charge in [-0.15, -0.1) is 0 Å². The molecule has 6 heteroatoms. The molecule has 0 bridgehead atoms. The first-order valence-corrected chi connectivity index (χ1v) is 12.4. The Labute approximate surface area is 155 Å². The van der Waals surface area contributed by atoms with E-state index in [1.54, 1.807) is 0 Å². The first-order chi connectivity index (χ1) is 11.2. The quantitative estimate of drug-likeness (QED) is 0.713. The highest BCUT2D eigenvalue weighted by molar-refractivity contribution is 6.48. The van der Waals surface area contributed by atoms with E-state index >= 15 is 0 Å². The van der Waals surface area contributed by atoms with E-state index < -0.39 is 20.4 Å². The van der Waals surface area contributed by atoms with Gasteiger partial charge in [0.05, 0.1) is 0 Å². The second kappa shape index (κ2) is 6.85. The zero-order chi connectivity index (χ0) is 19.2. The molecule has 0 radical (unpaired) electrons. The van der Waals surface area contributed by atoms with Crippen molar-refractivity contribution in [3.63, 3.8) is 0 Å². The van der Waals surface area contributed by atoms with E-state index in [1.807, 2.05) is 25.7 Å². The number of hydrogen-bond acceptors (Lipinski definition) is 4. The minimum Gasteiger partial charge on any atom is -0.444 e. The maximum absolute atomic E-state index is 13.1. The van der Waals surface area contributed by atoms with Crippen LogP contribution in [0.2, 0.25) is 13.1 Å². The van der Waals surface area contributed by atoms with Gasteiger partial charge < -0.3 is 14.1 Å². The van der Waals surface area contributed by atoms with Gasteiger partial charge in [0.2, 0.25) is 0 Å². The van der Waals surface area contributed by atoms with Crippen molar-refractivity contribution in [2.75, 3.05) is 26.7 Å². The van der Waals surface area contributed by atoms with E-state index in [4.69, 9.17) is 9.16 Å². The van der Waals surface area contributed by atoms with Crippen molar-refractivity contribution in [3.8, 4) is 0 Å². The predicted molar refractivity (Wildman–Crippen MR) is 104 cm³/mol. The highest BCUT2D eigenvalue weighted by Crippen LogP contribution is 2.49. The van der Waals surface area contributed by atoms with Crippen LogP contribution < -0.4 is 0 Å². The Hall–Kier alpha value is -0.593. The lowest BCUT2D eigenvalue weighted by molar-refractivity contribution is -0.140. The topological polar surface area (TPSA) is 42.0 Å². The molecule has 1 amide bonds. The number of ether oxygens (including phenoxy) is 1. The number of amides is 1. The van der Waals surface area contributed by atoms with Crippen LogP contribution in [0.1, 0.15) is 48.0 Å². The van der Waals surface area contributed by atoms with Gasteiger partial charge in [0.25, 0.3) is 0 Å². The van der Waals surface area contributed by atoms with Crippen LogP contribution in [0.15, 0.2) is 0 Å². The maximum Gasteiger partial charge on any atom is 0.412 e. The molecule has 2 atom stereocenters. The van der Waals surface area contributed by atoms with Crippen molar-refractivity contribution in [2.45, 2.75) is 72.4 Å². The Kier molecular flexibility index (Phi) is 5.68. The third kappa shape index (κ3) is 4.58. The Balaban J connectivity index is 2.37. The van der Waals surface area contributed by atoms with Gasteiger partial charge in [0.15, 0.2) is 9.04 Å². The molecule has 2 rings (SSSR count). The lowest BCUT2D eigenvalue weighted by Gasteiger charge is -2.52. The minimum atomic E-state index is -1.33. The summed E-state index contributed by atoms with van der Waals surface area (Å²) in [5.41, 5.74) is -0.846. The molecular formula is C19H38N2O3Si. The molecule has 0 N–H and O–H groups in total. The van der Waals surface area contributed by atoms with Gasteiger partial charge in [-0.25, -0.2) is 4.79 Å². The summed E-state index contributed by atoms with van der Waals surface area (Å²) in [5, 5.41) is 0. The summed E-state index contributed by atoms with van der Waals surface area (Å²) in [7, 11) is 0.801. The van der Waals surface area contributed by atoms with E-state index in [0.717, 1.165) is 26.1 Å². The van der Waals surface area contributed by atoms with Crippen molar-refractivity contribution in [1.82, 2.24) is 9.80 Å². The molecule has 0 aromatic carbocycles. The third-order valence-electron chi connectivity index (χ3n) is 5.38. The van der Waals surface area contributed by atoms with Crippen molar-refractivity contribution in [1.29, 1.82) is 0 Å². The number of carbonyl (C=O) groups excluding carboxylic acids is 1. The zero-order valence-corrected chi connectivity index (χ0v) is 18.8. The molecule has 2 saturated heterocycles. The predicted octanol–water partition coefficient (Wildman–Crippen LogP) is 3.55. The van der Waals surface area contributed by atoms with Gasteiger partial charge in [0, 0.05) is 25.6 Å². The van der Waals surface area contributed by atoms with Crippen molar-refractivity contribution in [2.24, 2.45) is 17.3 Å². The van der Waals surface area contributed by atoms with Crippen LogP contribution in [0.3, 0.4) is 0 Å². The van der Waals surface area contributed by atoms with E-state index in [0.29, 0.717) is 11.8 Å². The number of likely N-dealkylation sites (tertiary alicyclic amines) is 2. The average molecular weight is 371 g/mol. The highest BCUT2D eigenvalue weighted by atomic mass is 28.3. The van der Waals surface area contributed by atoms with Crippen LogP contribution in [0, 0.1) is 17.3 Å². The lowest BCUT2D eigenvalue weighted by Crippen LogP contribution is -2.65. The van der Waals surface area contributed by atoms with Gasteiger partial charge in [-0.1, -0.05) is 20.8 Å². The fraction of sp³-hybridized carbons (Fsp3) is 0.947. The van der Waals surface area contributed by atoms with Crippen molar-refractivity contribution >= 4 is 15.1 Å². The van der Waals surface area contributed by atoms with Crippen molar-refractivity contribution in [3.05, 3.63) is 0 Å². The first-order valence-electron chi connectivity index (χ1n) is 9.61. The molecule has 5 nitrogen and oxygen atoms in total. The molecule has 0 aromatic heterocycles. The summed E-state index contributed by atoms with van der Waals surface area (Å²) < 4.78 is 12.4. The molecule has 2 aliphatic rings. The number of nitrogens with zero attached hydrogens (tertiary/aromatic N) is 2. The van der Waals surface area contributed by atoms with Crippen LogP contribution in [0.25, 0.3) is 0 Å². The molecule has 2 heterocycles. The summed E-state index contributed by atoms with van der Waals surface area (Å²) in [6, 6.07) is 0. The largest absolute Gasteiger partial charge is 0.444 e. The third-order valence-corrected chi connectivity index (χ3v) is 6.26. The molecule has 2 aliphatic heterocycles. The fourth-order valence-electron chi connectivity index (χ4n) is 4.02. The van der Waals surface area contributed by atoms with Crippen molar-refractivity contribution < 1.29 is 14.0 Å². The first kappa shape index (κ1) is 20.7. The molecular weight excluding hydrogens is 332 g/mol. The molecule has 0 aliphatic carbocycles. The SMILES string of the molecule is CN1CC([C@@]2(O[SiH](C)C)C[C@H](C(C)(C)C)CN2C(=O)OC(C)(C)C)C1. The van der Waals surface area contributed by atoms with Crippen LogP contribution in [0.5, 0.6) is 0 Å². The zero-order valence-electron chi connectivity index (χ0n) is 17.7. The van der Waals surface area contributed by atoms with Gasteiger partial charge >= 0.3 is 6.09 Å². The lowest BCUT2D eigenvalue weighted by atomic mass is 9.76. The smallest absolute Gasteiger partial charge is 0.412 e. The monoisotopic (exact) mass is 370 g/mol. The number of carbonyl (C=O) groups is 1. The molecule has 0 saturated carbocycles. The molecule has 0 aromatic rings. The highest BCUT2D eigenvalue weighted by Gasteiger charge is 2.58. The van der Waals surface area contributed by atoms with Crippen LogP contribution in [-0.4, -0.2) is 62.9 Å². The van der Waals surface area contributed by atoms with Crippen LogP contribution in [0.4, 0.5) is 4.79 Å². The summed E-state index contributed by atoms with van der Waals surface area (Å²) in [6.45, 7) is 19.7. The Morgan fingerprint density at radius 2 is 1.64 bits per heavy atom. The Bertz CT molecular complexity index is 492. The van der Waals surface area contributed by atoms with Crippen LogP contribution in [-0.2, 0) is 9.16 Å². The van der Waals surface area contributed by atoms with Crippen LogP contribution >= 0.6 is 0 Å². The molecule has 146 valence electrons. The molecule has 2 fully saturated rings. The van der Waals surface area contributed by atoms with Gasteiger partial charge in [-0.05, 0) is 58.7 Å². The Morgan fingerprint density at radius 1 is 1.08 bits per heavy atom. The summed E-state index contributed by atoms with van der Waals surface area (Å²) >= 11 is 0. The second-order valence-electron chi connectivity index (χ2n) is 10.3. The molecule has 0 spiro atoms. The molecule has 0 unspecified atom stereocenters. The standard InChI is InChI=1S/C19H38N2O3Si/c1-17(2,3)14-10-19(24-25(8)9,15-11-20(7)12-15)21(13-14)16(22)23-18(4,5)6/h14-15,25H,10-13H2,1-9H3/t14-,19-/m0/s1. The summed E-state index contributed by atoms with van der Waals surface area (Å²) in [6.07, 6.45) is 0.697. The summed E-state index contributed by atoms with van der Waals surface area (Å²) in [5.74, 6) is 0.783. The van der Waals surface area contributed by atoms with E-state index in [2.05, 4.69) is 45.8 Å². The Morgan fingerprint density at radius 3 is 2.04 bits per heavy atom. The molecule has 25 heavy (non-hydrogen) atoms. The van der Waals surface area contributed by atoms with E-state index in [9.17, 15) is 4.79 Å². The summed E-state index contributed by atoms with van der Waals surface area (Å²) in [4.78, 5) is 17.3. The van der Waals surface area contributed by atoms with E-state index in [1.165, 1.54) is 0 Å². The van der Waals surface area contributed by atoms with Gasteiger partial charge in [-0.3, -0.25) is 4.90 Å².